The minimum atomic E-state index is -0.885. The number of aliphatic hydroxyl groups is 1. The predicted octanol–water partition coefficient (Wildman–Crippen LogP) is 2.76. The van der Waals surface area contributed by atoms with Crippen LogP contribution in [0, 0.1) is 18.7 Å². The third-order valence-electron chi connectivity index (χ3n) is 3.54. The number of rotatable bonds is 6. The molecule has 1 aromatic heterocycles. The molecule has 0 aliphatic heterocycles. The molecule has 0 saturated carbocycles. The van der Waals surface area contributed by atoms with Crippen LogP contribution in [0.3, 0.4) is 0 Å². The Balaban J connectivity index is 2.18. The van der Waals surface area contributed by atoms with Crippen LogP contribution in [0.1, 0.15) is 41.6 Å². The van der Waals surface area contributed by atoms with Crippen molar-refractivity contribution in [2.75, 3.05) is 13.1 Å². The second-order valence-corrected chi connectivity index (χ2v) is 6.26. The van der Waals surface area contributed by atoms with Crippen molar-refractivity contribution in [3.05, 3.63) is 59.2 Å². The van der Waals surface area contributed by atoms with Gasteiger partial charge in [-0.3, -0.25) is 4.79 Å². The van der Waals surface area contributed by atoms with Gasteiger partial charge < -0.3 is 10.0 Å². The van der Waals surface area contributed by atoms with Gasteiger partial charge in [-0.05, 0) is 36.6 Å². The van der Waals surface area contributed by atoms with Crippen molar-refractivity contribution in [2.24, 2.45) is 5.92 Å². The summed E-state index contributed by atoms with van der Waals surface area (Å²) in [5.74, 6) is -0.326. The summed E-state index contributed by atoms with van der Waals surface area (Å²) in [4.78, 5) is 14.3. The molecule has 1 N–H and O–H groups in total. The maximum atomic E-state index is 13.0. The SMILES string of the molecule is Cc1cc(C(=O)N(CC(C)C)CC(O)c2ccc(F)cc2)cnn1. The van der Waals surface area contributed by atoms with Gasteiger partial charge in [0.2, 0.25) is 0 Å². The molecule has 128 valence electrons. The third-order valence-corrected chi connectivity index (χ3v) is 3.54. The number of aromatic nitrogens is 2. The molecule has 1 aromatic carbocycles. The Morgan fingerprint density at radius 2 is 1.92 bits per heavy atom. The number of aryl methyl sites for hydroxylation is 1. The van der Waals surface area contributed by atoms with Gasteiger partial charge in [-0.2, -0.15) is 10.2 Å². The summed E-state index contributed by atoms with van der Waals surface area (Å²) in [7, 11) is 0. The lowest BCUT2D eigenvalue weighted by Gasteiger charge is -2.27. The summed E-state index contributed by atoms with van der Waals surface area (Å²) in [5, 5.41) is 18.1. The second kappa shape index (κ2) is 7.97. The summed E-state index contributed by atoms with van der Waals surface area (Å²) in [6.45, 7) is 6.40. The average molecular weight is 331 g/mol. The van der Waals surface area contributed by atoms with E-state index in [2.05, 4.69) is 10.2 Å². The van der Waals surface area contributed by atoms with Crippen LogP contribution in [0.2, 0.25) is 0 Å². The van der Waals surface area contributed by atoms with Crippen molar-refractivity contribution in [1.29, 1.82) is 0 Å². The van der Waals surface area contributed by atoms with Gasteiger partial charge in [-0.25, -0.2) is 4.39 Å². The van der Waals surface area contributed by atoms with E-state index >= 15 is 0 Å². The fraction of sp³-hybridized carbons (Fsp3) is 0.389. The normalized spacial score (nSPS) is 12.2. The number of hydrogen-bond acceptors (Lipinski definition) is 4. The summed E-state index contributed by atoms with van der Waals surface area (Å²) in [6, 6.07) is 7.31. The van der Waals surface area contributed by atoms with E-state index in [9.17, 15) is 14.3 Å². The van der Waals surface area contributed by atoms with Crippen molar-refractivity contribution in [3.63, 3.8) is 0 Å². The van der Waals surface area contributed by atoms with Crippen LogP contribution in [-0.2, 0) is 0 Å². The molecule has 5 nitrogen and oxygen atoms in total. The number of hydrogen-bond donors (Lipinski definition) is 1. The maximum Gasteiger partial charge on any atom is 0.255 e. The Hall–Kier alpha value is -2.34. The molecule has 2 rings (SSSR count). The molecule has 1 atom stereocenters. The topological polar surface area (TPSA) is 66.3 Å². The van der Waals surface area contributed by atoms with Gasteiger partial charge in [0.05, 0.1) is 30.1 Å². The third kappa shape index (κ3) is 4.83. The molecule has 1 amide bonds. The van der Waals surface area contributed by atoms with Crippen LogP contribution < -0.4 is 0 Å². The molecule has 0 bridgehead atoms. The fourth-order valence-corrected chi connectivity index (χ4v) is 2.45. The molecule has 1 heterocycles. The quantitative estimate of drug-likeness (QED) is 0.884. The summed E-state index contributed by atoms with van der Waals surface area (Å²) >= 11 is 0. The summed E-state index contributed by atoms with van der Waals surface area (Å²) in [6.07, 6.45) is 0.539. The van der Waals surface area contributed by atoms with E-state index in [0.717, 1.165) is 0 Å². The summed E-state index contributed by atoms with van der Waals surface area (Å²) in [5.41, 5.74) is 1.67. The minimum absolute atomic E-state index is 0.129. The first-order valence-electron chi connectivity index (χ1n) is 7.89. The van der Waals surface area contributed by atoms with Crippen LogP contribution in [-0.4, -0.2) is 39.2 Å². The fourth-order valence-electron chi connectivity index (χ4n) is 2.45. The van der Waals surface area contributed by atoms with Crippen molar-refractivity contribution in [3.8, 4) is 0 Å². The maximum absolute atomic E-state index is 13.0. The van der Waals surface area contributed by atoms with E-state index in [1.807, 2.05) is 13.8 Å². The van der Waals surface area contributed by atoms with Crippen molar-refractivity contribution < 1.29 is 14.3 Å². The van der Waals surface area contributed by atoms with E-state index in [4.69, 9.17) is 0 Å². The highest BCUT2D eigenvalue weighted by atomic mass is 19.1. The van der Waals surface area contributed by atoms with Crippen molar-refractivity contribution in [1.82, 2.24) is 15.1 Å². The number of carbonyl (C=O) groups excluding carboxylic acids is 1. The molecule has 0 aliphatic carbocycles. The number of halogens is 1. The van der Waals surface area contributed by atoms with Gasteiger partial charge in [-0.1, -0.05) is 26.0 Å². The van der Waals surface area contributed by atoms with Crippen LogP contribution in [0.4, 0.5) is 4.39 Å². The Kier molecular flexibility index (Phi) is 5.98. The first-order chi connectivity index (χ1) is 11.4. The average Bonchev–Trinajstić information content (AvgIpc) is 2.53. The van der Waals surface area contributed by atoms with E-state index in [1.54, 1.807) is 17.9 Å². The van der Waals surface area contributed by atoms with E-state index in [-0.39, 0.29) is 24.2 Å². The number of benzene rings is 1. The molecule has 2 aromatic rings. The lowest BCUT2D eigenvalue weighted by molar-refractivity contribution is 0.0594. The van der Waals surface area contributed by atoms with Crippen LogP contribution >= 0.6 is 0 Å². The Bertz CT molecular complexity index is 689. The zero-order valence-electron chi connectivity index (χ0n) is 14.1. The van der Waals surface area contributed by atoms with Gasteiger partial charge in [0, 0.05) is 6.54 Å². The highest BCUT2D eigenvalue weighted by Gasteiger charge is 2.21. The van der Waals surface area contributed by atoms with E-state index in [1.165, 1.54) is 30.5 Å². The minimum Gasteiger partial charge on any atom is -0.387 e. The molecule has 1 unspecified atom stereocenters. The smallest absolute Gasteiger partial charge is 0.255 e. The van der Waals surface area contributed by atoms with E-state index < -0.39 is 6.10 Å². The zero-order chi connectivity index (χ0) is 17.7. The van der Waals surface area contributed by atoms with Gasteiger partial charge in [0.1, 0.15) is 5.82 Å². The number of nitrogens with zero attached hydrogens (tertiary/aromatic N) is 3. The number of aliphatic hydroxyl groups excluding tert-OH is 1. The van der Waals surface area contributed by atoms with Crippen LogP contribution in [0.5, 0.6) is 0 Å². The molecular weight excluding hydrogens is 309 g/mol. The molecule has 0 aliphatic rings. The summed E-state index contributed by atoms with van der Waals surface area (Å²) < 4.78 is 13.0. The van der Waals surface area contributed by atoms with Gasteiger partial charge in [0.25, 0.3) is 5.91 Å². The molecule has 0 saturated heterocycles. The molecule has 0 spiro atoms. The van der Waals surface area contributed by atoms with Gasteiger partial charge >= 0.3 is 0 Å². The standard InChI is InChI=1S/C18H22FN3O2/c1-12(2)10-22(18(24)15-8-13(3)21-20-9-15)11-17(23)14-4-6-16(19)7-5-14/h4-9,12,17,23H,10-11H2,1-3H3. The van der Waals surface area contributed by atoms with E-state index in [0.29, 0.717) is 23.4 Å². The Morgan fingerprint density at radius 3 is 2.50 bits per heavy atom. The Labute approximate surface area is 141 Å². The monoisotopic (exact) mass is 331 g/mol. The predicted molar refractivity (Wildman–Crippen MR) is 88.9 cm³/mol. The molecule has 24 heavy (non-hydrogen) atoms. The molecular formula is C18H22FN3O2. The highest BCUT2D eigenvalue weighted by Crippen LogP contribution is 2.17. The Morgan fingerprint density at radius 1 is 1.25 bits per heavy atom. The van der Waals surface area contributed by atoms with Crippen LogP contribution in [0.15, 0.2) is 36.5 Å². The lowest BCUT2D eigenvalue weighted by atomic mass is 10.1. The van der Waals surface area contributed by atoms with Crippen LogP contribution in [0.25, 0.3) is 0 Å². The number of carbonyl (C=O) groups is 1. The van der Waals surface area contributed by atoms with Crippen molar-refractivity contribution >= 4 is 5.91 Å². The first kappa shape index (κ1) is 18.0. The molecule has 6 heteroatoms. The highest BCUT2D eigenvalue weighted by molar-refractivity contribution is 5.94. The largest absolute Gasteiger partial charge is 0.387 e. The zero-order valence-corrected chi connectivity index (χ0v) is 14.1. The molecule has 0 radical (unpaired) electrons. The molecule has 0 fully saturated rings. The van der Waals surface area contributed by atoms with Gasteiger partial charge in [-0.15, -0.1) is 0 Å². The van der Waals surface area contributed by atoms with Crippen molar-refractivity contribution in [2.45, 2.75) is 26.9 Å². The lowest BCUT2D eigenvalue weighted by Crippen LogP contribution is -2.37. The first-order valence-corrected chi connectivity index (χ1v) is 7.89. The van der Waals surface area contributed by atoms with Gasteiger partial charge in [0.15, 0.2) is 0 Å². The second-order valence-electron chi connectivity index (χ2n) is 6.26. The number of amides is 1.